The van der Waals surface area contributed by atoms with Gasteiger partial charge in [0.1, 0.15) is 0 Å². The summed E-state index contributed by atoms with van der Waals surface area (Å²) in [6, 6.07) is 0.934. The third-order valence-electron chi connectivity index (χ3n) is 1.45. The largest absolute Gasteiger partial charge is 0.501 e. The van der Waals surface area contributed by atoms with Crippen LogP contribution < -0.4 is 0 Å². The minimum Gasteiger partial charge on any atom is -0.501 e. The molecule has 7 nitrogen and oxygen atoms in total. The summed E-state index contributed by atoms with van der Waals surface area (Å²) in [5.74, 6) is -1.72. The topological polar surface area (TPSA) is 114 Å². The van der Waals surface area contributed by atoms with E-state index in [4.69, 9.17) is 10.2 Å². The van der Waals surface area contributed by atoms with Crippen molar-refractivity contribution in [3.8, 4) is 5.75 Å². The Labute approximate surface area is 77.8 Å². The summed E-state index contributed by atoms with van der Waals surface area (Å²) in [5.41, 5.74) is -0.516. The van der Waals surface area contributed by atoms with E-state index in [2.05, 4.69) is 4.98 Å². The number of carbonyl (C=O) groups is 1. The van der Waals surface area contributed by atoms with E-state index in [1.54, 1.807) is 0 Å². The average Bonchev–Trinajstić information content (AvgIpc) is 2.07. The first kappa shape index (κ1) is 9.90. The lowest BCUT2D eigenvalue weighted by atomic mass is 10.2. The molecule has 0 bridgehead atoms. The second-order valence-corrected chi connectivity index (χ2v) is 2.49. The van der Waals surface area contributed by atoms with Crippen molar-refractivity contribution < 1.29 is 19.9 Å². The molecule has 0 amide bonds. The summed E-state index contributed by atoms with van der Waals surface area (Å²) in [7, 11) is 0. The monoisotopic (exact) mass is 198 g/mol. The number of carboxylic acid groups (broad SMARTS) is 1. The number of aromatic hydroxyl groups is 1. The van der Waals surface area contributed by atoms with Crippen LogP contribution in [0.2, 0.25) is 0 Å². The lowest BCUT2D eigenvalue weighted by molar-refractivity contribution is -0.386. The Morgan fingerprint density at radius 1 is 1.64 bits per heavy atom. The molecule has 74 valence electrons. The number of carboxylic acids is 1. The van der Waals surface area contributed by atoms with E-state index in [0.29, 0.717) is 0 Å². The van der Waals surface area contributed by atoms with Crippen LogP contribution in [-0.4, -0.2) is 26.1 Å². The van der Waals surface area contributed by atoms with E-state index in [-0.39, 0.29) is 5.69 Å². The lowest BCUT2D eigenvalue weighted by Gasteiger charge is -1.98. The van der Waals surface area contributed by atoms with Crippen LogP contribution in [-0.2, 0) is 11.2 Å². The zero-order chi connectivity index (χ0) is 10.7. The summed E-state index contributed by atoms with van der Waals surface area (Å²) in [6.07, 6.45) is 0.442. The Kier molecular flexibility index (Phi) is 2.61. The highest BCUT2D eigenvalue weighted by atomic mass is 16.6. The van der Waals surface area contributed by atoms with E-state index in [1.807, 2.05) is 0 Å². The van der Waals surface area contributed by atoms with Gasteiger partial charge >= 0.3 is 11.7 Å². The van der Waals surface area contributed by atoms with Crippen LogP contribution in [0.5, 0.6) is 5.75 Å². The summed E-state index contributed by atoms with van der Waals surface area (Å²) < 4.78 is 0. The maximum atomic E-state index is 10.3. The fourth-order valence-electron chi connectivity index (χ4n) is 0.877. The lowest BCUT2D eigenvalue weighted by Crippen LogP contribution is -2.03. The molecule has 0 aliphatic carbocycles. The average molecular weight is 198 g/mol. The molecule has 0 saturated heterocycles. The number of aromatic nitrogens is 1. The highest BCUT2D eigenvalue weighted by Crippen LogP contribution is 2.24. The van der Waals surface area contributed by atoms with Crippen LogP contribution >= 0.6 is 0 Å². The van der Waals surface area contributed by atoms with Crippen molar-refractivity contribution in [2.75, 3.05) is 0 Å². The molecule has 0 fully saturated rings. The van der Waals surface area contributed by atoms with Crippen molar-refractivity contribution in [3.05, 3.63) is 28.1 Å². The Morgan fingerprint density at radius 3 is 2.79 bits per heavy atom. The summed E-state index contributed by atoms with van der Waals surface area (Å²) >= 11 is 0. The Balaban J connectivity index is 3.06. The predicted octanol–water partition coefficient (Wildman–Crippen LogP) is 0.322. The molecule has 0 saturated carbocycles. The van der Waals surface area contributed by atoms with Gasteiger partial charge in [0.15, 0.2) is 0 Å². The molecule has 1 aromatic rings. The predicted molar refractivity (Wildman–Crippen MR) is 43.9 cm³/mol. The van der Waals surface area contributed by atoms with E-state index in [0.717, 1.165) is 12.3 Å². The second-order valence-electron chi connectivity index (χ2n) is 2.49. The van der Waals surface area contributed by atoms with Gasteiger partial charge in [0.2, 0.25) is 5.75 Å². The zero-order valence-electron chi connectivity index (χ0n) is 6.88. The molecule has 7 heteroatoms. The SMILES string of the molecule is O=C(O)Cc1cc([N+](=O)[O-])c(O)cn1. The molecule has 1 rings (SSSR count). The third-order valence-corrected chi connectivity index (χ3v) is 1.45. The molecule has 2 N–H and O–H groups in total. The van der Waals surface area contributed by atoms with E-state index >= 15 is 0 Å². The number of nitrogens with zero attached hydrogens (tertiary/aromatic N) is 2. The molecule has 0 atom stereocenters. The van der Waals surface area contributed by atoms with Crippen molar-refractivity contribution in [1.29, 1.82) is 0 Å². The van der Waals surface area contributed by atoms with Crippen LogP contribution in [0.3, 0.4) is 0 Å². The third kappa shape index (κ3) is 2.16. The quantitative estimate of drug-likeness (QED) is 0.534. The van der Waals surface area contributed by atoms with Crippen molar-refractivity contribution in [2.45, 2.75) is 6.42 Å². The number of nitro groups is 1. The summed E-state index contributed by atoms with van der Waals surface area (Å²) in [4.78, 5) is 23.3. The maximum absolute atomic E-state index is 10.3. The molecule has 0 unspecified atom stereocenters. The minimum absolute atomic E-state index is 0.0296. The summed E-state index contributed by atoms with van der Waals surface area (Å²) in [5, 5.41) is 27.7. The van der Waals surface area contributed by atoms with Gasteiger partial charge in [0, 0.05) is 6.07 Å². The number of pyridine rings is 1. The molecule has 0 radical (unpaired) electrons. The van der Waals surface area contributed by atoms with Crippen LogP contribution in [0.25, 0.3) is 0 Å². The number of rotatable bonds is 3. The molecular formula is C7H6N2O5. The van der Waals surface area contributed by atoms with Gasteiger partial charge in [-0.25, -0.2) is 0 Å². The molecule has 0 aliphatic rings. The van der Waals surface area contributed by atoms with Crippen molar-refractivity contribution in [3.63, 3.8) is 0 Å². The van der Waals surface area contributed by atoms with Crippen LogP contribution in [0.1, 0.15) is 5.69 Å². The number of aliphatic carboxylic acids is 1. The molecule has 0 aliphatic heterocycles. The van der Waals surface area contributed by atoms with E-state index in [1.165, 1.54) is 0 Å². The van der Waals surface area contributed by atoms with Gasteiger partial charge in [-0.3, -0.25) is 19.9 Å². The first-order valence-electron chi connectivity index (χ1n) is 3.55. The first-order chi connectivity index (χ1) is 6.50. The van der Waals surface area contributed by atoms with Crippen molar-refractivity contribution >= 4 is 11.7 Å². The number of hydrogen-bond acceptors (Lipinski definition) is 5. The smallest absolute Gasteiger partial charge is 0.314 e. The van der Waals surface area contributed by atoms with Gasteiger partial charge in [-0.2, -0.15) is 0 Å². The molecule has 14 heavy (non-hydrogen) atoms. The van der Waals surface area contributed by atoms with Gasteiger partial charge < -0.3 is 10.2 Å². The van der Waals surface area contributed by atoms with Gasteiger partial charge in [0.05, 0.1) is 23.2 Å². The van der Waals surface area contributed by atoms with Gasteiger partial charge in [-0.1, -0.05) is 0 Å². The fraction of sp³-hybridized carbons (Fsp3) is 0.143. The molecule has 0 aromatic carbocycles. The highest BCUT2D eigenvalue weighted by Gasteiger charge is 2.15. The standard InChI is InChI=1S/C7H6N2O5/c10-6-3-8-4(2-7(11)12)1-5(6)9(13)14/h1,3,10H,2H2,(H,11,12). The molecular weight excluding hydrogens is 192 g/mol. The first-order valence-corrected chi connectivity index (χ1v) is 3.55. The minimum atomic E-state index is -1.14. The van der Waals surface area contributed by atoms with E-state index in [9.17, 15) is 14.9 Å². The Morgan fingerprint density at radius 2 is 2.29 bits per heavy atom. The fourth-order valence-corrected chi connectivity index (χ4v) is 0.877. The summed E-state index contributed by atoms with van der Waals surface area (Å²) in [6.45, 7) is 0. The van der Waals surface area contributed by atoms with Crippen LogP contribution in [0.4, 0.5) is 5.69 Å². The molecule has 1 heterocycles. The highest BCUT2D eigenvalue weighted by molar-refractivity contribution is 5.70. The van der Waals surface area contributed by atoms with Gasteiger partial charge in [-0.15, -0.1) is 0 Å². The zero-order valence-corrected chi connectivity index (χ0v) is 6.88. The Bertz CT molecular complexity index is 390. The van der Waals surface area contributed by atoms with Crippen molar-refractivity contribution in [2.24, 2.45) is 0 Å². The molecule has 0 spiro atoms. The normalized spacial score (nSPS) is 9.71. The van der Waals surface area contributed by atoms with Crippen LogP contribution in [0, 0.1) is 10.1 Å². The van der Waals surface area contributed by atoms with Gasteiger partial charge in [-0.05, 0) is 0 Å². The number of hydrogen-bond donors (Lipinski definition) is 2. The Hall–Kier alpha value is -2.18. The van der Waals surface area contributed by atoms with E-state index < -0.39 is 28.8 Å². The van der Waals surface area contributed by atoms with Crippen molar-refractivity contribution in [1.82, 2.24) is 4.98 Å². The van der Waals surface area contributed by atoms with Crippen LogP contribution in [0.15, 0.2) is 12.3 Å². The maximum Gasteiger partial charge on any atom is 0.314 e. The van der Waals surface area contributed by atoms with Gasteiger partial charge in [0.25, 0.3) is 0 Å². The second kappa shape index (κ2) is 3.69. The molecule has 1 aromatic heterocycles.